The fourth-order valence-electron chi connectivity index (χ4n) is 2.04. The van der Waals surface area contributed by atoms with E-state index in [4.69, 9.17) is 19.9 Å². The maximum Gasteiger partial charge on any atom is 0.242 e. The van der Waals surface area contributed by atoms with E-state index in [-0.39, 0.29) is 11.7 Å². The molecule has 20 heavy (non-hydrogen) atoms. The highest BCUT2D eigenvalue weighted by atomic mass is 16.5. The van der Waals surface area contributed by atoms with Gasteiger partial charge < -0.3 is 25.3 Å². The number of nitrogen functional groups attached to an aromatic ring is 1. The quantitative estimate of drug-likeness (QED) is 0.806. The van der Waals surface area contributed by atoms with E-state index in [1.165, 1.54) is 6.33 Å². The minimum absolute atomic E-state index is 0.00796. The van der Waals surface area contributed by atoms with Crippen LogP contribution in [0, 0.1) is 0 Å². The molecule has 0 saturated carbocycles. The Labute approximate surface area is 118 Å². The van der Waals surface area contributed by atoms with Gasteiger partial charge in [0.05, 0.1) is 12.7 Å². The van der Waals surface area contributed by atoms with Gasteiger partial charge in [0.2, 0.25) is 5.88 Å². The number of aromatic nitrogens is 2. The van der Waals surface area contributed by atoms with Crippen LogP contribution in [0.15, 0.2) is 6.33 Å². The van der Waals surface area contributed by atoms with Gasteiger partial charge in [-0.3, -0.25) is 0 Å². The maximum absolute atomic E-state index is 6.02. The third kappa shape index (κ3) is 3.29. The number of nitrogens with one attached hydrogen (secondary N) is 1. The monoisotopic (exact) mass is 282 g/mol. The van der Waals surface area contributed by atoms with E-state index in [9.17, 15) is 0 Å². The average molecular weight is 282 g/mol. The topological polar surface area (TPSA) is 91.5 Å². The van der Waals surface area contributed by atoms with Gasteiger partial charge >= 0.3 is 0 Å². The molecule has 1 aromatic rings. The number of hydrogen-bond donors (Lipinski definition) is 2. The Kier molecular flexibility index (Phi) is 4.61. The van der Waals surface area contributed by atoms with E-state index in [1.807, 2.05) is 13.8 Å². The van der Waals surface area contributed by atoms with Crippen molar-refractivity contribution in [2.45, 2.75) is 32.0 Å². The van der Waals surface area contributed by atoms with Gasteiger partial charge in [0.25, 0.3) is 0 Å². The minimum Gasteiger partial charge on any atom is -0.473 e. The van der Waals surface area contributed by atoms with Crippen molar-refractivity contribution in [2.75, 3.05) is 37.9 Å². The SMILES string of the molecule is COC1(CNc2ncnc(OC(C)C)c2N)CCOC1. The van der Waals surface area contributed by atoms with Crippen molar-refractivity contribution in [3.8, 4) is 5.88 Å². The minimum atomic E-state index is -0.323. The van der Waals surface area contributed by atoms with E-state index >= 15 is 0 Å². The van der Waals surface area contributed by atoms with Crippen molar-refractivity contribution in [1.82, 2.24) is 9.97 Å². The van der Waals surface area contributed by atoms with E-state index in [0.717, 1.165) is 6.42 Å². The lowest BCUT2D eigenvalue weighted by molar-refractivity contribution is -0.00624. The molecule has 112 valence electrons. The van der Waals surface area contributed by atoms with Gasteiger partial charge in [-0.05, 0) is 13.8 Å². The number of ether oxygens (including phenoxy) is 3. The second-order valence-electron chi connectivity index (χ2n) is 5.15. The van der Waals surface area contributed by atoms with Gasteiger partial charge in [-0.15, -0.1) is 0 Å². The zero-order chi connectivity index (χ0) is 14.6. The van der Waals surface area contributed by atoms with Gasteiger partial charge in [-0.25, -0.2) is 4.98 Å². The number of rotatable bonds is 6. The summed E-state index contributed by atoms with van der Waals surface area (Å²) in [4.78, 5) is 8.19. The van der Waals surface area contributed by atoms with Gasteiger partial charge in [0.1, 0.15) is 17.6 Å². The van der Waals surface area contributed by atoms with E-state index in [1.54, 1.807) is 7.11 Å². The molecule has 0 amide bonds. The predicted molar refractivity (Wildman–Crippen MR) is 75.9 cm³/mol. The molecule has 0 radical (unpaired) electrons. The maximum atomic E-state index is 6.02. The summed E-state index contributed by atoms with van der Waals surface area (Å²) in [6.45, 7) is 5.69. The Balaban J connectivity index is 2.06. The van der Waals surface area contributed by atoms with Gasteiger partial charge in [0, 0.05) is 26.7 Å². The van der Waals surface area contributed by atoms with Crippen LogP contribution < -0.4 is 15.8 Å². The molecule has 0 aliphatic carbocycles. The highest BCUT2D eigenvalue weighted by molar-refractivity contribution is 5.66. The highest BCUT2D eigenvalue weighted by Crippen LogP contribution is 2.28. The fourth-order valence-corrected chi connectivity index (χ4v) is 2.04. The van der Waals surface area contributed by atoms with Crippen molar-refractivity contribution in [3.05, 3.63) is 6.33 Å². The zero-order valence-corrected chi connectivity index (χ0v) is 12.2. The van der Waals surface area contributed by atoms with E-state index < -0.39 is 0 Å². The number of hydrogen-bond acceptors (Lipinski definition) is 7. The third-order valence-electron chi connectivity index (χ3n) is 3.27. The standard InChI is InChI=1S/C13H22N4O3/c1-9(2)20-12-10(14)11(16-8-17-12)15-6-13(18-3)4-5-19-7-13/h8-9H,4-7,14H2,1-3H3,(H,15,16,17). The molecule has 7 nitrogen and oxygen atoms in total. The second kappa shape index (κ2) is 6.23. The first-order valence-corrected chi connectivity index (χ1v) is 6.70. The summed E-state index contributed by atoms with van der Waals surface area (Å²) in [7, 11) is 1.69. The first-order valence-electron chi connectivity index (χ1n) is 6.70. The van der Waals surface area contributed by atoms with Crippen molar-refractivity contribution >= 4 is 11.5 Å². The molecule has 0 bridgehead atoms. The van der Waals surface area contributed by atoms with Crippen molar-refractivity contribution in [3.63, 3.8) is 0 Å². The van der Waals surface area contributed by atoms with Crippen LogP contribution in [0.4, 0.5) is 11.5 Å². The summed E-state index contributed by atoms with van der Waals surface area (Å²) in [5.74, 6) is 0.950. The zero-order valence-electron chi connectivity index (χ0n) is 12.2. The van der Waals surface area contributed by atoms with Crippen LogP contribution in [0.2, 0.25) is 0 Å². The Morgan fingerprint density at radius 2 is 2.30 bits per heavy atom. The summed E-state index contributed by atoms with van der Waals surface area (Å²) in [6.07, 6.45) is 2.28. The first-order chi connectivity index (χ1) is 9.56. The summed E-state index contributed by atoms with van der Waals surface area (Å²) in [5, 5.41) is 3.20. The lowest BCUT2D eigenvalue weighted by Gasteiger charge is -2.26. The molecule has 1 fully saturated rings. The molecule has 7 heteroatoms. The molecule has 1 saturated heterocycles. The van der Waals surface area contributed by atoms with Crippen LogP contribution in [0.5, 0.6) is 5.88 Å². The Hall–Kier alpha value is -1.60. The lowest BCUT2D eigenvalue weighted by Crippen LogP contribution is -2.39. The predicted octanol–water partition coefficient (Wildman–Crippen LogP) is 1.06. The molecule has 1 atom stereocenters. The molecule has 0 spiro atoms. The molecule has 1 aromatic heterocycles. The van der Waals surface area contributed by atoms with Crippen molar-refractivity contribution < 1.29 is 14.2 Å². The van der Waals surface area contributed by atoms with Crippen LogP contribution in [0.3, 0.4) is 0 Å². The van der Waals surface area contributed by atoms with E-state index in [0.29, 0.717) is 37.1 Å². The van der Waals surface area contributed by atoms with Gasteiger partial charge in [0.15, 0.2) is 5.82 Å². The van der Waals surface area contributed by atoms with Crippen LogP contribution in [-0.4, -0.2) is 48.5 Å². The summed E-state index contributed by atoms with van der Waals surface area (Å²) in [6, 6.07) is 0. The second-order valence-corrected chi connectivity index (χ2v) is 5.15. The smallest absolute Gasteiger partial charge is 0.242 e. The third-order valence-corrected chi connectivity index (χ3v) is 3.27. The summed E-state index contributed by atoms with van der Waals surface area (Å²) >= 11 is 0. The number of anilines is 2. The number of nitrogens with two attached hydrogens (primary N) is 1. The summed E-state index contributed by atoms with van der Waals surface area (Å²) in [5.41, 5.74) is 6.10. The highest BCUT2D eigenvalue weighted by Gasteiger charge is 2.35. The molecule has 1 unspecified atom stereocenters. The van der Waals surface area contributed by atoms with Crippen LogP contribution in [-0.2, 0) is 9.47 Å². The Bertz CT molecular complexity index is 447. The Morgan fingerprint density at radius 3 is 2.90 bits per heavy atom. The fraction of sp³-hybridized carbons (Fsp3) is 0.692. The van der Waals surface area contributed by atoms with Crippen LogP contribution in [0.25, 0.3) is 0 Å². The molecule has 2 heterocycles. The molecule has 1 aliphatic rings. The Morgan fingerprint density at radius 1 is 1.50 bits per heavy atom. The van der Waals surface area contributed by atoms with Crippen LogP contribution in [0.1, 0.15) is 20.3 Å². The molecular formula is C13H22N4O3. The first kappa shape index (κ1) is 14.8. The summed E-state index contributed by atoms with van der Waals surface area (Å²) < 4.78 is 16.5. The van der Waals surface area contributed by atoms with Gasteiger partial charge in [-0.1, -0.05) is 0 Å². The normalized spacial score (nSPS) is 22.2. The molecule has 1 aliphatic heterocycles. The van der Waals surface area contributed by atoms with Crippen LogP contribution >= 0.6 is 0 Å². The molecule has 2 rings (SSSR count). The van der Waals surface area contributed by atoms with Crippen molar-refractivity contribution in [2.24, 2.45) is 0 Å². The van der Waals surface area contributed by atoms with E-state index in [2.05, 4.69) is 15.3 Å². The average Bonchev–Trinajstić information content (AvgIpc) is 2.89. The number of methoxy groups -OCH3 is 1. The molecule has 3 N–H and O–H groups in total. The van der Waals surface area contributed by atoms with Gasteiger partial charge in [-0.2, -0.15) is 4.98 Å². The van der Waals surface area contributed by atoms with Crippen molar-refractivity contribution in [1.29, 1.82) is 0 Å². The molecule has 0 aromatic carbocycles. The largest absolute Gasteiger partial charge is 0.473 e. The molecular weight excluding hydrogens is 260 g/mol. The lowest BCUT2D eigenvalue weighted by atomic mass is 10.0. The number of nitrogens with zero attached hydrogens (tertiary/aromatic N) is 2.